The molecule has 2 aromatic rings. The van der Waals surface area contributed by atoms with Crippen molar-refractivity contribution < 1.29 is 0 Å². The van der Waals surface area contributed by atoms with Crippen molar-refractivity contribution >= 4 is 80.5 Å². The summed E-state index contributed by atoms with van der Waals surface area (Å²) in [5.74, 6) is 0. The summed E-state index contributed by atoms with van der Waals surface area (Å²) in [6.45, 7) is 0. The monoisotopic (exact) mass is 347 g/mol. The summed E-state index contributed by atoms with van der Waals surface area (Å²) in [5.41, 5.74) is 0.608. The van der Waals surface area contributed by atoms with Crippen molar-refractivity contribution in [2.75, 3.05) is 0 Å². The molecule has 1 nitrogen and oxygen atoms in total. The zero-order chi connectivity index (χ0) is 12.8. The highest BCUT2D eigenvalue weighted by atomic mass is 35.6. The Hall–Kier alpha value is 0.370. The van der Waals surface area contributed by atoms with Gasteiger partial charge in [-0.25, -0.2) is 4.98 Å². The normalized spacial score (nSPS) is 12.1. The molecule has 0 atom stereocenters. The number of hydrogen-bond donors (Lipinski definition) is 0. The molecule has 0 aliphatic heterocycles. The molecule has 0 N–H and O–H groups in total. The fourth-order valence-electron chi connectivity index (χ4n) is 1.34. The van der Waals surface area contributed by atoms with Crippen molar-refractivity contribution in [1.82, 2.24) is 4.98 Å². The number of alkyl halides is 3. The van der Waals surface area contributed by atoms with E-state index in [1.54, 1.807) is 12.1 Å². The number of benzene rings is 1. The first-order valence-electron chi connectivity index (χ1n) is 4.32. The average molecular weight is 350 g/mol. The first-order chi connectivity index (χ1) is 7.80. The van der Waals surface area contributed by atoms with Gasteiger partial charge in [-0.3, -0.25) is 0 Å². The lowest BCUT2D eigenvalue weighted by Crippen LogP contribution is -2.04. The molecule has 1 aromatic heterocycles. The first-order valence-corrected chi connectivity index (χ1v) is 6.59. The highest BCUT2D eigenvalue weighted by molar-refractivity contribution is 6.66. The Bertz CT molecular complexity index is 589. The minimum absolute atomic E-state index is 0.198. The summed E-state index contributed by atoms with van der Waals surface area (Å²) in [5, 5.41) is 1.69. The lowest BCUT2D eigenvalue weighted by atomic mass is 10.2. The maximum Gasteiger partial charge on any atom is 0.232 e. The Kier molecular flexibility index (Phi) is 3.90. The molecule has 0 bridgehead atoms. The molecule has 7 heteroatoms. The standard InChI is InChI=1S/C10H3Cl6N/c11-5-2-1-4-6(12)3-7(10(14,15)16)17-9(4)8(5)13/h1-3H. The quantitative estimate of drug-likeness (QED) is 0.530. The molecule has 0 saturated carbocycles. The topological polar surface area (TPSA) is 12.9 Å². The van der Waals surface area contributed by atoms with Crippen molar-refractivity contribution in [2.24, 2.45) is 0 Å². The van der Waals surface area contributed by atoms with Crippen molar-refractivity contribution in [1.29, 1.82) is 0 Å². The summed E-state index contributed by atoms with van der Waals surface area (Å²) < 4.78 is -1.66. The van der Waals surface area contributed by atoms with Crippen LogP contribution in [0.25, 0.3) is 10.9 Å². The van der Waals surface area contributed by atoms with Crippen LogP contribution < -0.4 is 0 Å². The highest BCUT2D eigenvalue weighted by Crippen LogP contribution is 2.41. The molecule has 0 fully saturated rings. The zero-order valence-electron chi connectivity index (χ0n) is 7.95. The predicted molar refractivity (Wildman–Crippen MR) is 76.0 cm³/mol. The molecule has 90 valence electrons. The van der Waals surface area contributed by atoms with E-state index in [1.165, 1.54) is 6.07 Å². The van der Waals surface area contributed by atoms with Crippen LogP contribution in [0.3, 0.4) is 0 Å². The number of hydrogen-bond acceptors (Lipinski definition) is 1. The van der Waals surface area contributed by atoms with E-state index in [2.05, 4.69) is 4.98 Å². The minimum Gasteiger partial charge on any atom is -0.247 e. The van der Waals surface area contributed by atoms with Crippen molar-refractivity contribution in [3.8, 4) is 0 Å². The van der Waals surface area contributed by atoms with Gasteiger partial charge in [-0.2, -0.15) is 0 Å². The summed E-state index contributed by atoms with van der Waals surface area (Å²) in [6, 6.07) is 4.83. The predicted octanol–water partition coefficient (Wildman–Crippen LogP) is 6.02. The van der Waals surface area contributed by atoms with E-state index in [-0.39, 0.29) is 10.7 Å². The molecular formula is C10H3Cl6N. The molecule has 17 heavy (non-hydrogen) atoms. The van der Waals surface area contributed by atoms with Crippen LogP contribution in [0.1, 0.15) is 5.69 Å². The van der Waals surface area contributed by atoms with E-state index in [4.69, 9.17) is 69.6 Å². The molecule has 0 aliphatic rings. The third kappa shape index (κ3) is 2.70. The third-order valence-corrected chi connectivity index (χ3v) is 3.80. The molecule has 0 radical (unpaired) electrons. The Balaban J connectivity index is 2.84. The third-order valence-electron chi connectivity index (χ3n) is 2.11. The molecule has 0 aliphatic carbocycles. The maximum absolute atomic E-state index is 6.07. The van der Waals surface area contributed by atoms with E-state index in [0.29, 0.717) is 20.9 Å². The molecular weight excluding hydrogens is 347 g/mol. The van der Waals surface area contributed by atoms with E-state index in [1.807, 2.05) is 0 Å². The number of fused-ring (bicyclic) bond motifs is 1. The fourth-order valence-corrected chi connectivity index (χ4v) is 2.24. The van der Waals surface area contributed by atoms with Crippen LogP contribution >= 0.6 is 69.6 Å². The SMILES string of the molecule is Clc1ccc2c(Cl)cc(C(Cl)(Cl)Cl)nc2c1Cl. The second-order valence-electron chi connectivity index (χ2n) is 3.24. The van der Waals surface area contributed by atoms with Gasteiger partial charge in [0.25, 0.3) is 0 Å². The van der Waals surface area contributed by atoms with Crippen molar-refractivity contribution in [2.45, 2.75) is 3.79 Å². The van der Waals surface area contributed by atoms with Gasteiger partial charge in [0.15, 0.2) is 0 Å². The number of nitrogens with zero attached hydrogens (tertiary/aromatic N) is 1. The molecule has 0 spiro atoms. The van der Waals surface area contributed by atoms with Gasteiger partial charge in [-0.15, -0.1) is 0 Å². The summed E-state index contributed by atoms with van der Waals surface area (Å²) in [7, 11) is 0. The first kappa shape index (κ1) is 13.8. The number of pyridine rings is 1. The molecule has 0 unspecified atom stereocenters. The second kappa shape index (κ2) is 4.80. The van der Waals surface area contributed by atoms with Crippen LogP contribution in [0.15, 0.2) is 18.2 Å². The minimum atomic E-state index is -1.66. The average Bonchev–Trinajstić information content (AvgIpc) is 2.22. The van der Waals surface area contributed by atoms with Crippen LogP contribution in [-0.2, 0) is 3.79 Å². The lowest BCUT2D eigenvalue weighted by Gasteiger charge is -2.13. The van der Waals surface area contributed by atoms with E-state index < -0.39 is 3.79 Å². The lowest BCUT2D eigenvalue weighted by molar-refractivity contribution is 1.12. The van der Waals surface area contributed by atoms with Gasteiger partial charge in [-0.1, -0.05) is 69.6 Å². The Morgan fingerprint density at radius 3 is 2.18 bits per heavy atom. The maximum atomic E-state index is 6.07. The van der Waals surface area contributed by atoms with E-state index >= 15 is 0 Å². The van der Waals surface area contributed by atoms with Gasteiger partial charge in [0.1, 0.15) is 0 Å². The van der Waals surface area contributed by atoms with Gasteiger partial charge < -0.3 is 0 Å². The van der Waals surface area contributed by atoms with Crippen LogP contribution in [0.5, 0.6) is 0 Å². The van der Waals surface area contributed by atoms with Crippen LogP contribution in [-0.4, -0.2) is 4.98 Å². The smallest absolute Gasteiger partial charge is 0.232 e. The number of halogens is 6. The largest absolute Gasteiger partial charge is 0.247 e. The van der Waals surface area contributed by atoms with Crippen molar-refractivity contribution in [3.63, 3.8) is 0 Å². The van der Waals surface area contributed by atoms with Crippen molar-refractivity contribution in [3.05, 3.63) is 39.0 Å². The van der Waals surface area contributed by atoms with Gasteiger partial charge >= 0.3 is 0 Å². The molecule has 2 rings (SSSR count). The van der Waals surface area contributed by atoms with E-state index in [0.717, 1.165) is 0 Å². The molecule has 0 saturated heterocycles. The Labute approximate surface area is 128 Å². The van der Waals surface area contributed by atoms with Gasteiger partial charge in [0, 0.05) is 5.39 Å². The number of aromatic nitrogens is 1. The van der Waals surface area contributed by atoms with Gasteiger partial charge in [0.05, 0.1) is 26.3 Å². The fraction of sp³-hybridized carbons (Fsp3) is 0.100. The molecule has 1 aromatic carbocycles. The highest BCUT2D eigenvalue weighted by Gasteiger charge is 2.26. The second-order valence-corrected chi connectivity index (χ2v) is 6.72. The Morgan fingerprint density at radius 1 is 0.941 bits per heavy atom. The number of rotatable bonds is 0. The summed E-state index contributed by atoms with van der Waals surface area (Å²) in [6.07, 6.45) is 0. The summed E-state index contributed by atoms with van der Waals surface area (Å²) >= 11 is 35.3. The van der Waals surface area contributed by atoms with Crippen LogP contribution in [0.4, 0.5) is 0 Å². The summed E-state index contributed by atoms with van der Waals surface area (Å²) in [4.78, 5) is 4.17. The van der Waals surface area contributed by atoms with E-state index in [9.17, 15) is 0 Å². The molecule has 1 heterocycles. The van der Waals surface area contributed by atoms with Gasteiger partial charge in [-0.05, 0) is 18.2 Å². The van der Waals surface area contributed by atoms with Crippen LogP contribution in [0, 0.1) is 0 Å². The van der Waals surface area contributed by atoms with Gasteiger partial charge in [0.2, 0.25) is 3.79 Å². The Morgan fingerprint density at radius 2 is 1.59 bits per heavy atom. The zero-order valence-corrected chi connectivity index (χ0v) is 12.5. The molecule has 0 amide bonds. The van der Waals surface area contributed by atoms with Crippen LogP contribution in [0.2, 0.25) is 15.1 Å².